The number of nitrogens with one attached hydrogen (secondary N) is 1. The van der Waals surface area contributed by atoms with Crippen molar-refractivity contribution >= 4 is 11.9 Å². The summed E-state index contributed by atoms with van der Waals surface area (Å²) in [5.74, 6) is -0.224. The van der Waals surface area contributed by atoms with Crippen molar-refractivity contribution in [1.29, 1.82) is 0 Å². The molecule has 1 atom stereocenters. The number of rotatable bonds is 5. The van der Waals surface area contributed by atoms with E-state index in [0.29, 0.717) is 26.1 Å². The second kappa shape index (κ2) is 5.83. The molecule has 2 rings (SSSR count). The maximum Gasteiger partial charge on any atom is 0.305 e. The SMILES string of the molecule is Cn1ccnc1CCN1CCNC(=O)C1CC(=O)O. The third kappa shape index (κ3) is 3.31. The van der Waals surface area contributed by atoms with Gasteiger partial charge in [-0.15, -0.1) is 0 Å². The van der Waals surface area contributed by atoms with E-state index in [-0.39, 0.29) is 12.3 Å². The average Bonchev–Trinajstić information content (AvgIpc) is 2.75. The van der Waals surface area contributed by atoms with Crippen molar-refractivity contribution in [2.24, 2.45) is 7.05 Å². The van der Waals surface area contributed by atoms with Crippen LogP contribution in [0.5, 0.6) is 0 Å². The molecule has 7 heteroatoms. The van der Waals surface area contributed by atoms with Crippen molar-refractivity contribution in [3.63, 3.8) is 0 Å². The highest BCUT2D eigenvalue weighted by molar-refractivity contribution is 5.86. The van der Waals surface area contributed by atoms with Crippen LogP contribution >= 0.6 is 0 Å². The monoisotopic (exact) mass is 266 g/mol. The van der Waals surface area contributed by atoms with Crippen LogP contribution in [0.15, 0.2) is 12.4 Å². The van der Waals surface area contributed by atoms with Gasteiger partial charge in [-0.2, -0.15) is 0 Å². The molecule has 1 aliphatic heterocycles. The molecule has 0 aliphatic carbocycles. The van der Waals surface area contributed by atoms with E-state index in [4.69, 9.17) is 5.11 Å². The maximum absolute atomic E-state index is 11.7. The molecule has 0 spiro atoms. The second-order valence-corrected chi connectivity index (χ2v) is 4.65. The van der Waals surface area contributed by atoms with Crippen molar-refractivity contribution in [2.45, 2.75) is 18.9 Å². The maximum atomic E-state index is 11.7. The molecule has 1 amide bonds. The van der Waals surface area contributed by atoms with E-state index in [1.165, 1.54) is 0 Å². The van der Waals surface area contributed by atoms with Crippen molar-refractivity contribution < 1.29 is 14.7 Å². The lowest BCUT2D eigenvalue weighted by Crippen LogP contribution is -2.56. The van der Waals surface area contributed by atoms with Crippen LogP contribution in [0.1, 0.15) is 12.2 Å². The molecular formula is C12H18N4O3. The van der Waals surface area contributed by atoms with Gasteiger partial charge in [-0.1, -0.05) is 0 Å². The van der Waals surface area contributed by atoms with Gasteiger partial charge in [0, 0.05) is 45.5 Å². The summed E-state index contributed by atoms with van der Waals surface area (Å²) in [5.41, 5.74) is 0. The van der Waals surface area contributed by atoms with Gasteiger partial charge in [0.15, 0.2) is 0 Å². The van der Waals surface area contributed by atoms with Crippen LogP contribution in [0.2, 0.25) is 0 Å². The van der Waals surface area contributed by atoms with Crippen LogP contribution in [0.25, 0.3) is 0 Å². The first kappa shape index (κ1) is 13.5. The number of amides is 1. The van der Waals surface area contributed by atoms with E-state index in [1.54, 1.807) is 6.20 Å². The second-order valence-electron chi connectivity index (χ2n) is 4.65. The minimum Gasteiger partial charge on any atom is -0.481 e. The fourth-order valence-electron chi connectivity index (χ4n) is 2.30. The number of hydrogen-bond acceptors (Lipinski definition) is 4. The van der Waals surface area contributed by atoms with Gasteiger partial charge in [0.25, 0.3) is 0 Å². The van der Waals surface area contributed by atoms with Crippen molar-refractivity contribution in [3.8, 4) is 0 Å². The lowest BCUT2D eigenvalue weighted by molar-refractivity contribution is -0.143. The van der Waals surface area contributed by atoms with E-state index in [9.17, 15) is 9.59 Å². The first-order valence-electron chi connectivity index (χ1n) is 6.27. The van der Waals surface area contributed by atoms with Gasteiger partial charge in [-0.25, -0.2) is 4.98 Å². The molecule has 1 aromatic heterocycles. The summed E-state index contributed by atoms with van der Waals surface area (Å²) in [6.07, 6.45) is 4.14. The third-order valence-corrected chi connectivity index (χ3v) is 3.35. The smallest absolute Gasteiger partial charge is 0.305 e. The Hall–Kier alpha value is -1.89. The zero-order valence-corrected chi connectivity index (χ0v) is 10.9. The predicted octanol–water partition coefficient (Wildman–Crippen LogP) is -0.762. The zero-order chi connectivity index (χ0) is 13.8. The first-order chi connectivity index (χ1) is 9.08. The van der Waals surface area contributed by atoms with Gasteiger partial charge in [0.05, 0.1) is 12.5 Å². The Bertz CT molecular complexity index is 471. The van der Waals surface area contributed by atoms with E-state index in [2.05, 4.69) is 10.3 Å². The number of aromatic nitrogens is 2. The summed E-state index contributed by atoms with van der Waals surface area (Å²) in [5, 5.41) is 11.6. The lowest BCUT2D eigenvalue weighted by Gasteiger charge is -2.34. The highest BCUT2D eigenvalue weighted by Crippen LogP contribution is 2.10. The van der Waals surface area contributed by atoms with Crippen molar-refractivity contribution in [2.75, 3.05) is 19.6 Å². The fraction of sp³-hybridized carbons (Fsp3) is 0.583. The Morgan fingerprint density at radius 1 is 1.63 bits per heavy atom. The van der Waals surface area contributed by atoms with Crippen LogP contribution in [-0.2, 0) is 23.1 Å². The van der Waals surface area contributed by atoms with Gasteiger partial charge in [-0.3, -0.25) is 14.5 Å². The van der Waals surface area contributed by atoms with Crippen molar-refractivity contribution in [3.05, 3.63) is 18.2 Å². The molecule has 0 saturated carbocycles. The average molecular weight is 266 g/mol. The van der Waals surface area contributed by atoms with E-state index < -0.39 is 12.0 Å². The number of piperazine rings is 1. The van der Waals surface area contributed by atoms with Gasteiger partial charge < -0.3 is 15.0 Å². The summed E-state index contributed by atoms with van der Waals surface area (Å²) >= 11 is 0. The molecule has 0 bridgehead atoms. The highest BCUT2D eigenvalue weighted by atomic mass is 16.4. The van der Waals surface area contributed by atoms with E-state index >= 15 is 0 Å². The molecule has 2 N–H and O–H groups in total. The summed E-state index contributed by atoms with van der Waals surface area (Å²) in [4.78, 5) is 28.7. The topological polar surface area (TPSA) is 87.5 Å². The van der Waals surface area contributed by atoms with E-state index in [1.807, 2.05) is 22.7 Å². The normalized spacial score (nSPS) is 20.3. The standard InChI is InChI=1S/C12H18N4O3/c1-15-6-3-13-10(15)2-5-16-7-4-14-12(19)9(16)8-11(17)18/h3,6,9H,2,4-5,7-8H2,1H3,(H,14,19)(H,17,18). The van der Waals surface area contributed by atoms with Crippen LogP contribution in [-0.4, -0.2) is 57.1 Å². The molecule has 1 saturated heterocycles. The molecule has 1 fully saturated rings. The Labute approximate surface area is 111 Å². The number of hydrogen-bond donors (Lipinski definition) is 2. The largest absolute Gasteiger partial charge is 0.481 e. The molecular weight excluding hydrogens is 248 g/mol. The molecule has 19 heavy (non-hydrogen) atoms. The molecule has 1 aliphatic rings. The van der Waals surface area contributed by atoms with Gasteiger partial charge in [-0.05, 0) is 0 Å². The quantitative estimate of drug-likeness (QED) is 0.731. The minimum absolute atomic E-state index is 0.160. The Morgan fingerprint density at radius 2 is 2.42 bits per heavy atom. The van der Waals surface area contributed by atoms with Gasteiger partial charge >= 0.3 is 5.97 Å². The summed E-state index contributed by atoms with van der Waals surface area (Å²) in [7, 11) is 1.92. The molecule has 7 nitrogen and oxygen atoms in total. The number of imidazole rings is 1. The van der Waals surface area contributed by atoms with E-state index in [0.717, 1.165) is 5.82 Å². The number of aliphatic carboxylic acids is 1. The number of carbonyl (C=O) groups excluding carboxylic acids is 1. The Balaban J connectivity index is 1.98. The molecule has 2 heterocycles. The van der Waals surface area contributed by atoms with Crippen LogP contribution in [0.3, 0.4) is 0 Å². The summed E-state index contributed by atoms with van der Waals surface area (Å²) in [6.45, 7) is 1.87. The van der Waals surface area contributed by atoms with Crippen LogP contribution < -0.4 is 5.32 Å². The summed E-state index contributed by atoms with van der Waals surface area (Å²) in [6, 6.07) is -0.577. The predicted molar refractivity (Wildman–Crippen MR) is 67.5 cm³/mol. The zero-order valence-electron chi connectivity index (χ0n) is 10.9. The lowest BCUT2D eigenvalue weighted by atomic mass is 10.1. The Kier molecular flexibility index (Phi) is 4.16. The summed E-state index contributed by atoms with van der Waals surface area (Å²) < 4.78 is 1.93. The van der Waals surface area contributed by atoms with Gasteiger partial charge in [0.2, 0.25) is 5.91 Å². The van der Waals surface area contributed by atoms with Gasteiger partial charge in [0.1, 0.15) is 5.82 Å². The van der Waals surface area contributed by atoms with Crippen molar-refractivity contribution in [1.82, 2.24) is 19.8 Å². The molecule has 1 unspecified atom stereocenters. The number of carboxylic acids is 1. The molecule has 0 radical (unpaired) electrons. The number of carboxylic acid groups (broad SMARTS) is 1. The number of nitrogens with zero attached hydrogens (tertiary/aromatic N) is 3. The van der Waals surface area contributed by atoms with Crippen LogP contribution in [0.4, 0.5) is 0 Å². The molecule has 1 aromatic rings. The third-order valence-electron chi connectivity index (χ3n) is 3.35. The highest BCUT2D eigenvalue weighted by Gasteiger charge is 2.31. The Morgan fingerprint density at radius 3 is 3.05 bits per heavy atom. The molecule has 104 valence electrons. The number of aryl methyl sites for hydroxylation is 1. The minimum atomic E-state index is -0.955. The fourth-order valence-corrected chi connectivity index (χ4v) is 2.30. The first-order valence-corrected chi connectivity index (χ1v) is 6.27. The number of carbonyl (C=O) groups is 2. The van der Waals surface area contributed by atoms with Crippen LogP contribution in [0, 0.1) is 0 Å². The molecule has 0 aromatic carbocycles.